The van der Waals surface area contributed by atoms with Crippen LogP contribution in [0.2, 0.25) is 0 Å². The fourth-order valence-electron chi connectivity index (χ4n) is 5.27. The second-order valence-corrected chi connectivity index (χ2v) is 12.0. The summed E-state index contributed by atoms with van der Waals surface area (Å²) in [4.78, 5) is 12.9. The summed E-state index contributed by atoms with van der Waals surface area (Å²) in [7, 11) is 4.31. The number of hydrogen-bond donors (Lipinski definition) is 0. The van der Waals surface area contributed by atoms with Crippen molar-refractivity contribution < 1.29 is 18.8 Å². The van der Waals surface area contributed by atoms with Gasteiger partial charge in [0.25, 0.3) is 0 Å². The van der Waals surface area contributed by atoms with Gasteiger partial charge in [0.1, 0.15) is 18.2 Å². The number of nitrogens with zero attached hydrogens (tertiary/aromatic N) is 1. The molecule has 218 valence electrons. The van der Waals surface area contributed by atoms with E-state index < -0.39 is 6.29 Å². The second kappa shape index (κ2) is 18.9. The van der Waals surface area contributed by atoms with E-state index in [1.165, 1.54) is 81.8 Å². The Bertz CT molecular complexity index is 894. The summed E-state index contributed by atoms with van der Waals surface area (Å²) in [5.41, 5.74) is 2.61. The zero-order valence-corrected chi connectivity index (χ0v) is 25.6. The molecule has 0 aliphatic carbocycles. The highest BCUT2D eigenvalue weighted by molar-refractivity contribution is 5.72. The number of benzene rings is 2. The number of rotatable bonds is 21. The maximum absolute atomic E-state index is 12.9. The van der Waals surface area contributed by atoms with Crippen LogP contribution in [0.1, 0.15) is 109 Å². The van der Waals surface area contributed by atoms with E-state index in [0.29, 0.717) is 13.0 Å². The molecule has 0 saturated carbocycles. The van der Waals surface area contributed by atoms with E-state index in [1.54, 1.807) is 0 Å². The molecular formula is C35H56NO3+. The van der Waals surface area contributed by atoms with E-state index in [1.807, 2.05) is 32.0 Å². The normalized spacial score (nSPS) is 13.2. The number of unbranched alkanes of at least 4 members (excludes halogenated alkanes) is 10. The lowest BCUT2D eigenvalue weighted by atomic mass is 10.0. The van der Waals surface area contributed by atoms with Crippen LogP contribution >= 0.6 is 0 Å². The van der Waals surface area contributed by atoms with Gasteiger partial charge in [-0.3, -0.25) is 4.79 Å². The van der Waals surface area contributed by atoms with Gasteiger partial charge in [-0.25, -0.2) is 0 Å². The number of ether oxygens (including phenoxy) is 2. The largest absolute Gasteiger partial charge is 0.455 e. The SMILES string of the molecule is CCCCCCCCCCCCCc1ccc(OC(CC)OC(=O)C(C)C[N+](C)(C)Cc2ccccc2)cc1. The molecule has 39 heavy (non-hydrogen) atoms. The molecule has 0 bridgehead atoms. The highest BCUT2D eigenvalue weighted by Gasteiger charge is 2.27. The average molecular weight is 539 g/mol. The van der Waals surface area contributed by atoms with Gasteiger partial charge in [-0.2, -0.15) is 0 Å². The minimum absolute atomic E-state index is 0.200. The smallest absolute Gasteiger partial charge is 0.317 e. The molecule has 4 heteroatoms. The van der Waals surface area contributed by atoms with Gasteiger partial charge >= 0.3 is 5.97 Å². The van der Waals surface area contributed by atoms with Crippen molar-refractivity contribution in [3.63, 3.8) is 0 Å². The molecule has 4 nitrogen and oxygen atoms in total. The maximum Gasteiger partial charge on any atom is 0.317 e. The molecule has 0 fully saturated rings. The van der Waals surface area contributed by atoms with Crippen LogP contribution in [0, 0.1) is 5.92 Å². The first-order valence-electron chi connectivity index (χ1n) is 15.6. The Kier molecular flexibility index (Phi) is 15.9. The summed E-state index contributed by atoms with van der Waals surface area (Å²) < 4.78 is 12.5. The molecule has 0 spiro atoms. The van der Waals surface area contributed by atoms with Crippen LogP contribution in [0.4, 0.5) is 0 Å². The lowest BCUT2D eigenvalue weighted by Crippen LogP contribution is -2.44. The molecule has 0 heterocycles. The summed E-state index contributed by atoms with van der Waals surface area (Å²) in [6.07, 6.45) is 16.2. The van der Waals surface area contributed by atoms with Crippen molar-refractivity contribution in [3.05, 3.63) is 65.7 Å². The molecule has 2 unspecified atom stereocenters. The Labute approximate surface area is 239 Å². The van der Waals surface area contributed by atoms with Crippen molar-refractivity contribution in [2.24, 2.45) is 5.92 Å². The highest BCUT2D eigenvalue weighted by Crippen LogP contribution is 2.20. The van der Waals surface area contributed by atoms with Crippen molar-refractivity contribution in [1.29, 1.82) is 0 Å². The summed E-state index contributed by atoms with van der Waals surface area (Å²) in [5.74, 6) is 0.342. The van der Waals surface area contributed by atoms with E-state index in [2.05, 4.69) is 57.4 Å². The molecule has 0 saturated heterocycles. The minimum Gasteiger partial charge on any atom is -0.455 e. The second-order valence-electron chi connectivity index (χ2n) is 12.0. The fraction of sp³-hybridized carbons (Fsp3) is 0.629. The number of quaternary nitrogens is 1. The van der Waals surface area contributed by atoms with Gasteiger partial charge in [0.05, 0.1) is 20.6 Å². The summed E-state index contributed by atoms with van der Waals surface area (Å²) in [6.45, 7) is 7.79. The Morgan fingerprint density at radius 3 is 1.87 bits per heavy atom. The number of carbonyl (C=O) groups excluding carboxylic acids is 1. The number of hydrogen-bond acceptors (Lipinski definition) is 3. The lowest BCUT2D eigenvalue weighted by Gasteiger charge is -2.32. The van der Waals surface area contributed by atoms with Crippen molar-refractivity contribution in [2.45, 2.75) is 117 Å². The third-order valence-corrected chi connectivity index (χ3v) is 7.46. The number of aryl methyl sites for hydroxylation is 1. The molecule has 2 atom stereocenters. The predicted molar refractivity (Wildman–Crippen MR) is 164 cm³/mol. The van der Waals surface area contributed by atoms with Crippen LogP contribution < -0.4 is 4.74 Å². The molecule has 2 rings (SSSR count). The van der Waals surface area contributed by atoms with E-state index in [-0.39, 0.29) is 11.9 Å². The molecule has 2 aromatic carbocycles. The summed E-state index contributed by atoms with van der Waals surface area (Å²) >= 11 is 0. The monoisotopic (exact) mass is 538 g/mol. The number of carbonyl (C=O) groups is 1. The average Bonchev–Trinajstić information content (AvgIpc) is 2.92. The number of esters is 1. The van der Waals surface area contributed by atoms with Crippen LogP contribution in [0.3, 0.4) is 0 Å². The van der Waals surface area contributed by atoms with Crippen LogP contribution in [0.5, 0.6) is 5.75 Å². The zero-order valence-electron chi connectivity index (χ0n) is 25.6. The quantitative estimate of drug-likeness (QED) is 0.0688. The predicted octanol–water partition coefficient (Wildman–Crippen LogP) is 9.11. The van der Waals surface area contributed by atoms with Crippen molar-refractivity contribution in [3.8, 4) is 5.75 Å². The van der Waals surface area contributed by atoms with Gasteiger partial charge in [0.2, 0.25) is 6.29 Å². The Morgan fingerprint density at radius 2 is 1.31 bits per heavy atom. The van der Waals surface area contributed by atoms with Gasteiger partial charge in [0, 0.05) is 12.0 Å². The van der Waals surface area contributed by atoms with Gasteiger partial charge in [0.15, 0.2) is 0 Å². The molecule has 0 N–H and O–H groups in total. The van der Waals surface area contributed by atoms with E-state index >= 15 is 0 Å². The van der Waals surface area contributed by atoms with Crippen molar-refractivity contribution in [1.82, 2.24) is 0 Å². The van der Waals surface area contributed by atoms with Crippen LogP contribution in [0.15, 0.2) is 54.6 Å². The molecule has 0 amide bonds. The van der Waals surface area contributed by atoms with Crippen LogP contribution in [-0.4, -0.2) is 37.4 Å². The highest BCUT2D eigenvalue weighted by atomic mass is 16.7. The van der Waals surface area contributed by atoms with Gasteiger partial charge in [-0.15, -0.1) is 0 Å². The molecule has 0 radical (unpaired) electrons. The first-order chi connectivity index (χ1) is 18.8. The van der Waals surface area contributed by atoms with E-state index in [9.17, 15) is 4.79 Å². The van der Waals surface area contributed by atoms with Crippen molar-refractivity contribution in [2.75, 3.05) is 20.6 Å². The molecule has 0 aliphatic rings. The maximum atomic E-state index is 12.9. The van der Waals surface area contributed by atoms with E-state index in [0.717, 1.165) is 23.2 Å². The Morgan fingerprint density at radius 1 is 0.744 bits per heavy atom. The summed E-state index contributed by atoms with van der Waals surface area (Å²) in [6, 6.07) is 18.7. The standard InChI is InChI=1S/C35H56NO3/c1-6-8-9-10-11-12-13-14-15-16-18-21-31-24-26-33(27-25-31)38-34(7-2)39-35(37)30(3)28-36(4,5)29-32-22-19-17-20-23-32/h17,19-20,22-27,30,34H,6-16,18,21,28-29H2,1-5H3/q+1. The third-order valence-electron chi connectivity index (χ3n) is 7.46. The minimum atomic E-state index is -0.567. The van der Waals surface area contributed by atoms with Gasteiger partial charge < -0.3 is 14.0 Å². The lowest BCUT2D eigenvalue weighted by molar-refractivity contribution is -0.905. The van der Waals surface area contributed by atoms with Crippen molar-refractivity contribution >= 4 is 5.97 Å². The molecule has 0 aliphatic heterocycles. The molecule has 2 aromatic rings. The van der Waals surface area contributed by atoms with Crippen LogP contribution in [0.25, 0.3) is 0 Å². The summed E-state index contributed by atoms with van der Waals surface area (Å²) in [5, 5.41) is 0. The van der Waals surface area contributed by atoms with E-state index in [4.69, 9.17) is 9.47 Å². The van der Waals surface area contributed by atoms with Gasteiger partial charge in [-0.1, -0.05) is 121 Å². The third kappa shape index (κ3) is 14.6. The first kappa shape index (κ1) is 32.9. The van der Waals surface area contributed by atoms with Crippen LogP contribution in [-0.2, 0) is 22.5 Å². The molecular weight excluding hydrogens is 482 g/mol. The topological polar surface area (TPSA) is 35.5 Å². The fourth-order valence-corrected chi connectivity index (χ4v) is 5.27. The molecule has 0 aromatic heterocycles. The van der Waals surface area contributed by atoms with Gasteiger partial charge in [-0.05, 0) is 37.5 Å². The Balaban J connectivity index is 1.65. The zero-order chi connectivity index (χ0) is 28.3. The Hall–Kier alpha value is -2.33. The first-order valence-corrected chi connectivity index (χ1v) is 15.6.